The number of benzene rings is 10. The largest absolute Gasteiger partial charge is 0.0622 e. The van der Waals surface area contributed by atoms with E-state index in [0.717, 1.165) is 0 Å². The van der Waals surface area contributed by atoms with E-state index in [2.05, 4.69) is 220 Å². The molecule has 11 rings (SSSR count). The fraction of sp³-hybridized carbons (Fsp3) is 0.0526. The van der Waals surface area contributed by atoms with Crippen molar-refractivity contribution in [3.63, 3.8) is 0 Å². The molecule has 0 saturated heterocycles. The molecule has 0 aliphatic heterocycles. The molecule has 0 atom stereocenters. The molecule has 10 aromatic carbocycles. The van der Waals surface area contributed by atoms with Gasteiger partial charge in [-0.3, -0.25) is 0 Å². The van der Waals surface area contributed by atoms with Crippen molar-refractivity contribution >= 4 is 32.3 Å². The summed E-state index contributed by atoms with van der Waals surface area (Å²) in [6.07, 6.45) is 0. The Hall–Kier alpha value is -7.02. The summed E-state index contributed by atoms with van der Waals surface area (Å²) in [5, 5.41) is 7.63. The van der Waals surface area contributed by atoms with Crippen molar-refractivity contribution in [2.45, 2.75) is 19.3 Å². The molecule has 0 aromatic heterocycles. The Balaban J connectivity index is 1.13. The fourth-order valence-electron chi connectivity index (χ4n) is 9.56. The standard InChI is InChI=1S/C57H40/c1-57(2)53-30-29-43(35-51(53)52-34-41-19-9-10-20-42(41)36-54(52)57)55-47-21-11-13-23-49(47)56(50-24-14-12-22-48(50)55)46-32-44(38-17-7-4-8-18-38)31-45(33-46)40-27-25-39(26-28-40)37-15-5-3-6-16-37/h3-36H,1-2H3. The molecule has 0 heteroatoms. The smallest absolute Gasteiger partial charge is 0.0159 e. The van der Waals surface area contributed by atoms with Crippen LogP contribution in [0, 0.1) is 0 Å². The molecule has 0 nitrogen and oxygen atoms in total. The van der Waals surface area contributed by atoms with Gasteiger partial charge in [0.25, 0.3) is 0 Å². The third kappa shape index (κ3) is 5.44. The number of hydrogen-bond donors (Lipinski definition) is 0. The minimum absolute atomic E-state index is 0.0788. The summed E-state index contributed by atoms with van der Waals surface area (Å²) in [6, 6.07) is 76.5. The topological polar surface area (TPSA) is 0 Å². The van der Waals surface area contributed by atoms with Gasteiger partial charge in [0.15, 0.2) is 0 Å². The number of rotatable bonds is 5. The van der Waals surface area contributed by atoms with Gasteiger partial charge >= 0.3 is 0 Å². The second-order valence-corrected chi connectivity index (χ2v) is 16.1. The quantitative estimate of drug-likeness (QED) is 0.155. The molecule has 0 amide bonds. The van der Waals surface area contributed by atoms with Gasteiger partial charge in [0, 0.05) is 5.41 Å². The number of fused-ring (bicyclic) bond motifs is 6. The molecule has 1 aliphatic rings. The van der Waals surface area contributed by atoms with Crippen LogP contribution >= 0.6 is 0 Å². The van der Waals surface area contributed by atoms with E-state index in [-0.39, 0.29) is 5.41 Å². The predicted molar refractivity (Wildman–Crippen MR) is 244 cm³/mol. The van der Waals surface area contributed by atoms with Crippen molar-refractivity contribution in [3.05, 3.63) is 217 Å². The summed E-state index contributed by atoms with van der Waals surface area (Å²) in [4.78, 5) is 0. The minimum atomic E-state index is -0.0788. The Kier molecular flexibility index (Phi) is 7.63. The second-order valence-electron chi connectivity index (χ2n) is 16.1. The molecular weight excluding hydrogens is 685 g/mol. The first-order valence-electron chi connectivity index (χ1n) is 20.0. The van der Waals surface area contributed by atoms with Gasteiger partial charge in [-0.15, -0.1) is 0 Å². The van der Waals surface area contributed by atoms with Crippen LogP contribution in [0.5, 0.6) is 0 Å². The van der Waals surface area contributed by atoms with E-state index in [9.17, 15) is 0 Å². The Morgan fingerprint density at radius 1 is 0.263 bits per heavy atom. The van der Waals surface area contributed by atoms with E-state index >= 15 is 0 Å². The highest BCUT2D eigenvalue weighted by Crippen LogP contribution is 2.52. The summed E-state index contributed by atoms with van der Waals surface area (Å²) >= 11 is 0. The maximum Gasteiger partial charge on any atom is 0.0159 e. The number of hydrogen-bond acceptors (Lipinski definition) is 0. The van der Waals surface area contributed by atoms with Gasteiger partial charge in [0.2, 0.25) is 0 Å². The molecule has 0 unspecified atom stereocenters. The lowest BCUT2D eigenvalue weighted by molar-refractivity contribution is 0.661. The van der Waals surface area contributed by atoms with Crippen molar-refractivity contribution in [1.82, 2.24) is 0 Å². The van der Waals surface area contributed by atoms with Crippen LogP contribution in [0.25, 0.3) is 99.1 Å². The van der Waals surface area contributed by atoms with Crippen LogP contribution in [0.4, 0.5) is 0 Å². The Bertz CT molecular complexity index is 3110. The fourth-order valence-corrected chi connectivity index (χ4v) is 9.56. The highest BCUT2D eigenvalue weighted by molar-refractivity contribution is 6.22. The van der Waals surface area contributed by atoms with E-state index < -0.39 is 0 Å². The molecule has 0 bridgehead atoms. The molecule has 0 N–H and O–H groups in total. The summed E-state index contributed by atoms with van der Waals surface area (Å²) in [7, 11) is 0. The van der Waals surface area contributed by atoms with Crippen LogP contribution in [0.1, 0.15) is 25.0 Å². The lowest BCUT2D eigenvalue weighted by atomic mass is 9.81. The monoisotopic (exact) mass is 724 g/mol. The average Bonchev–Trinajstić information content (AvgIpc) is 3.49. The van der Waals surface area contributed by atoms with Gasteiger partial charge in [-0.05, 0) is 147 Å². The third-order valence-electron chi connectivity index (χ3n) is 12.4. The van der Waals surface area contributed by atoms with Gasteiger partial charge in [0.1, 0.15) is 0 Å². The zero-order chi connectivity index (χ0) is 38.1. The van der Waals surface area contributed by atoms with Crippen LogP contribution in [-0.2, 0) is 5.41 Å². The van der Waals surface area contributed by atoms with Crippen LogP contribution in [0.3, 0.4) is 0 Å². The van der Waals surface area contributed by atoms with E-state index in [1.54, 1.807) is 0 Å². The van der Waals surface area contributed by atoms with Crippen LogP contribution in [0.2, 0.25) is 0 Å². The van der Waals surface area contributed by atoms with Gasteiger partial charge in [-0.1, -0.05) is 184 Å². The lowest BCUT2D eigenvalue weighted by Crippen LogP contribution is -2.14. The summed E-state index contributed by atoms with van der Waals surface area (Å²) < 4.78 is 0. The van der Waals surface area contributed by atoms with Gasteiger partial charge in [0.05, 0.1) is 0 Å². The Morgan fingerprint density at radius 3 is 1.21 bits per heavy atom. The average molecular weight is 725 g/mol. The van der Waals surface area contributed by atoms with E-state index in [1.807, 2.05) is 0 Å². The molecule has 0 spiro atoms. The van der Waals surface area contributed by atoms with Gasteiger partial charge in [-0.25, -0.2) is 0 Å². The van der Waals surface area contributed by atoms with Crippen molar-refractivity contribution in [1.29, 1.82) is 0 Å². The summed E-state index contributed by atoms with van der Waals surface area (Å²) in [5.74, 6) is 0. The molecule has 0 heterocycles. The lowest BCUT2D eigenvalue weighted by Gasteiger charge is -2.22. The maximum absolute atomic E-state index is 2.47. The Labute approximate surface area is 334 Å². The molecule has 268 valence electrons. The van der Waals surface area contributed by atoms with Crippen molar-refractivity contribution in [2.75, 3.05) is 0 Å². The maximum atomic E-state index is 2.47. The molecule has 0 fully saturated rings. The first kappa shape index (κ1) is 33.3. The summed E-state index contributed by atoms with van der Waals surface area (Å²) in [5.41, 5.74) is 17.7. The van der Waals surface area contributed by atoms with E-state index in [1.165, 1.54) is 110 Å². The van der Waals surface area contributed by atoms with Gasteiger partial charge < -0.3 is 0 Å². The molecule has 0 saturated carbocycles. The molecule has 1 aliphatic carbocycles. The molecule has 0 radical (unpaired) electrons. The highest BCUT2D eigenvalue weighted by Gasteiger charge is 2.36. The predicted octanol–water partition coefficient (Wildman–Crippen LogP) is 15.8. The second kappa shape index (κ2) is 13.0. The third-order valence-corrected chi connectivity index (χ3v) is 12.4. The molecule has 57 heavy (non-hydrogen) atoms. The van der Waals surface area contributed by atoms with Crippen molar-refractivity contribution in [2.24, 2.45) is 0 Å². The normalized spacial score (nSPS) is 12.9. The zero-order valence-electron chi connectivity index (χ0n) is 32.1. The molecular formula is C57H40. The Morgan fingerprint density at radius 2 is 0.649 bits per heavy atom. The van der Waals surface area contributed by atoms with Crippen LogP contribution < -0.4 is 0 Å². The first-order valence-corrected chi connectivity index (χ1v) is 20.0. The summed E-state index contributed by atoms with van der Waals surface area (Å²) in [6.45, 7) is 4.75. The van der Waals surface area contributed by atoms with Crippen LogP contribution in [0.15, 0.2) is 206 Å². The highest BCUT2D eigenvalue weighted by atomic mass is 14.4. The van der Waals surface area contributed by atoms with Gasteiger partial charge in [-0.2, -0.15) is 0 Å². The SMILES string of the molecule is CC1(C)c2ccc(-c3c4ccccc4c(-c4cc(-c5ccccc5)cc(-c5ccc(-c6ccccc6)cc5)c4)c4ccccc34)cc2-c2cc3ccccc3cc21. The molecule has 10 aromatic rings. The van der Waals surface area contributed by atoms with Crippen LogP contribution in [-0.4, -0.2) is 0 Å². The van der Waals surface area contributed by atoms with E-state index in [0.29, 0.717) is 0 Å². The first-order chi connectivity index (χ1) is 28.0. The minimum Gasteiger partial charge on any atom is -0.0622 e. The van der Waals surface area contributed by atoms with Crippen molar-refractivity contribution in [3.8, 4) is 66.8 Å². The van der Waals surface area contributed by atoms with E-state index in [4.69, 9.17) is 0 Å². The zero-order valence-corrected chi connectivity index (χ0v) is 32.1. The van der Waals surface area contributed by atoms with Crippen molar-refractivity contribution < 1.29 is 0 Å².